The summed E-state index contributed by atoms with van der Waals surface area (Å²) in [4.78, 5) is 18.5. The summed E-state index contributed by atoms with van der Waals surface area (Å²) < 4.78 is 13.5. The van der Waals surface area contributed by atoms with Gasteiger partial charge in [0, 0.05) is 18.0 Å². The second kappa shape index (κ2) is 3.96. The second-order valence-corrected chi connectivity index (χ2v) is 2.89. The highest BCUT2D eigenvalue weighted by molar-refractivity contribution is 5.85. The van der Waals surface area contributed by atoms with Gasteiger partial charge < -0.3 is 0 Å². The summed E-state index contributed by atoms with van der Waals surface area (Å²) in [6.07, 6.45) is 3.60. The smallest absolute Gasteiger partial charge is 0.162 e. The van der Waals surface area contributed by atoms with E-state index in [9.17, 15) is 9.18 Å². The number of aldehydes is 1. The molecule has 0 aliphatic carbocycles. The standard InChI is InChI=1S/C11H7FN2O/c12-9-4-1-3-8(7-15)10(9)11-13-5-2-6-14-11/h1-7H. The normalized spacial score (nSPS) is 9.93. The van der Waals surface area contributed by atoms with Gasteiger partial charge in [0.05, 0.1) is 5.56 Å². The number of aromatic nitrogens is 2. The van der Waals surface area contributed by atoms with Crippen molar-refractivity contribution in [3.8, 4) is 11.4 Å². The molecule has 3 nitrogen and oxygen atoms in total. The Balaban J connectivity index is 2.66. The van der Waals surface area contributed by atoms with Gasteiger partial charge in [-0.1, -0.05) is 12.1 Å². The van der Waals surface area contributed by atoms with Gasteiger partial charge in [-0.3, -0.25) is 4.79 Å². The van der Waals surface area contributed by atoms with Crippen LogP contribution >= 0.6 is 0 Å². The van der Waals surface area contributed by atoms with Crippen LogP contribution in [0.3, 0.4) is 0 Å². The first kappa shape index (κ1) is 9.45. The molecular formula is C11H7FN2O. The van der Waals surface area contributed by atoms with Gasteiger partial charge in [0.15, 0.2) is 12.1 Å². The Labute approximate surface area is 85.6 Å². The number of carbonyl (C=O) groups is 1. The molecule has 74 valence electrons. The molecule has 0 spiro atoms. The van der Waals surface area contributed by atoms with E-state index in [-0.39, 0.29) is 17.0 Å². The van der Waals surface area contributed by atoms with Gasteiger partial charge in [0.2, 0.25) is 0 Å². The van der Waals surface area contributed by atoms with Crippen molar-refractivity contribution in [2.75, 3.05) is 0 Å². The minimum Gasteiger partial charge on any atom is -0.298 e. The fourth-order valence-corrected chi connectivity index (χ4v) is 1.30. The lowest BCUT2D eigenvalue weighted by Gasteiger charge is -2.03. The van der Waals surface area contributed by atoms with E-state index >= 15 is 0 Å². The Morgan fingerprint density at radius 2 is 1.87 bits per heavy atom. The number of hydrogen-bond acceptors (Lipinski definition) is 3. The third kappa shape index (κ3) is 1.74. The predicted molar refractivity (Wildman–Crippen MR) is 52.8 cm³/mol. The lowest BCUT2D eigenvalue weighted by atomic mass is 10.1. The van der Waals surface area contributed by atoms with Crippen LogP contribution in [0.5, 0.6) is 0 Å². The van der Waals surface area contributed by atoms with E-state index in [4.69, 9.17) is 0 Å². The van der Waals surface area contributed by atoms with E-state index in [1.54, 1.807) is 6.07 Å². The lowest BCUT2D eigenvalue weighted by Crippen LogP contribution is -1.95. The average Bonchev–Trinajstić information content (AvgIpc) is 2.29. The molecule has 0 radical (unpaired) electrons. The molecule has 1 heterocycles. The Morgan fingerprint density at radius 3 is 2.53 bits per heavy atom. The van der Waals surface area contributed by atoms with Crippen molar-refractivity contribution in [1.29, 1.82) is 0 Å². The Morgan fingerprint density at radius 1 is 1.13 bits per heavy atom. The maximum absolute atomic E-state index is 13.5. The second-order valence-electron chi connectivity index (χ2n) is 2.89. The van der Waals surface area contributed by atoms with Crippen LogP contribution in [0, 0.1) is 5.82 Å². The molecule has 0 atom stereocenters. The zero-order chi connectivity index (χ0) is 10.7. The molecule has 0 aliphatic heterocycles. The largest absolute Gasteiger partial charge is 0.298 e. The zero-order valence-electron chi connectivity index (χ0n) is 7.72. The zero-order valence-corrected chi connectivity index (χ0v) is 7.72. The van der Waals surface area contributed by atoms with E-state index in [0.717, 1.165) is 0 Å². The fourth-order valence-electron chi connectivity index (χ4n) is 1.30. The van der Waals surface area contributed by atoms with Crippen LogP contribution in [0.4, 0.5) is 4.39 Å². The van der Waals surface area contributed by atoms with Gasteiger partial charge in [-0.05, 0) is 12.1 Å². The van der Waals surface area contributed by atoms with Crippen molar-refractivity contribution in [3.05, 3.63) is 48.0 Å². The molecule has 0 unspecified atom stereocenters. The highest BCUT2D eigenvalue weighted by Crippen LogP contribution is 2.21. The maximum atomic E-state index is 13.5. The van der Waals surface area contributed by atoms with Gasteiger partial charge in [0.1, 0.15) is 5.82 Å². The molecule has 4 heteroatoms. The first-order valence-electron chi connectivity index (χ1n) is 4.34. The predicted octanol–water partition coefficient (Wildman–Crippen LogP) is 2.10. The molecule has 2 aromatic rings. The minimum absolute atomic E-state index is 0.146. The molecule has 0 bridgehead atoms. The first-order chi connectivity index (χ1) is 7.33. The van der Waals surface area contributed by atoms with E-state index in [1.807, 2.05) is 0 Å². The number of nitrogens with zero attached hydrogens (tertiary/aromatic N) is 2. The summed E-state index contributed by atoms with van der Waals surface area (Å²) >= 11 is 0. The summed E-state index contributed by atoms with van der Waals surface area (Å²) in [5.41, 5.74) is 0.398. The van der Waals surface area contributed by atoms with Gasteiger partial charge in [-0.2, -0.15) is 0 Å². The van der Waals surface area contributed by atoms with Crippen molar-refractivity contribution < 1.29 is 9.18 Å². The monoisotopic (exact) mass is 202 g/mol. The molecule has 15 heavy (non-hydrogen) atoms. The summed E-state index contributed by atoms with van der Waals surface area (Å²) in [5, 5.41) is 0. The van der Waals surface area contributed by atoms with Crippen LogP contribution in [0.1, 0.15) is 10.4 Å². The molecule has 0 amide bonds. The van der Waals surface area contributed by atoms with E-state index < -0.39 is 5.82 Å². The van der Waals surface area contributed by atoms with Crippen molar-refractivity contribution in [2.45, 2.75) is 0 Å². The number of carbonyl (C=O) groups excluding carboxylic acids is 1. The van der Waals surface area contributed by atoms with Crippen molar-refractivity contribution in [2.24, 2.45) is 0 Å². The summed E-state index contributed by atoms with van der Waals surface area (Å²) in [6, 6.07) is 5.91. The van der Waals surface area contributed by atoms with Crippen LogP contribution in [-0.2, 0) is 0 Å². The van der Waals surface area contributed by atoms with E-state index in [1.165, 1.54) is 30.6 Å². The highest BCUT2D eigenvalue weighted by Gasteiger charge is 2.11. The van der Waals surface area contributed by atoms with Crippen molar-refractivity contribution >= 4 is 6.29 Å². The summed E-state index contributed by atoms with van der Waals surface area (Å²) in [6.45, 7) is 0. The van der Waals surface area contributed by atoms with Crippen molar-refractivity contribution in [3.63, 3.8) is 0 Å². The summed E-state index contributed by atoms with van der Waals surface area (Å²) in [7, 11) is 0. The number of hydrogen-bond donors (Lipinski definition) is 0. The highest BCUT2D eigenvalue weighted by atomic mass is 19.1. The third-order valence-electron chi connectivity index (χ3n) is 1.96. The van der Waals surface area contributed by atoms with Crippen LogP contribution in [0.2, 0.25) is 0 Å². The van der Waals surface area contributed by atoms with E-state index in [0.29, 0.717) is 6.29 Å². The number of halogens is 1. The quantitative estimate of drug-likeness (QED) is 0.700. The van der Waals surface area contributed by atoms with Crippen LogP contribution in [0.15, 0.2) is 36.7 Å². The molecule has 0 saturated carbocycles. The number of benzene rings is 1. The van der Waals surface area contributed by atoms with Crippen molar-refractivity contribution in [1.82, 2.24) is 9.97 Å². The van der Waals surface area contributed by atoms with Crippen LogP contribution in [0.25, 0.3) is 11.4 Å². The molecule has 0 N–H and O–H groups in total. The van der Waals surface area contributed by atoms with Gasteiger partial charge in [-0.25, -0.2) is 14.4 Å². The van der Waals surface area contributed by atoms with Gasteiger partial charge >= 0.3 is 0 Å². The molecule has 0 saturated heterocycles. The molecule has 1 aromatic heterocycles. The molecule has 0 aliphatic rings. The van der Waals surface area contributed by atoms with Crippen LogP contribution < -0.4 is 0 Å². The first-order valence-corrected chi connectivity index (χ1v) is 4.34. The Hall–Kier alpha value is -2.10. The summed E-state index contributed by atoms with van der Waals surface area (Å²) in [5.74, 6) is -0.275. The molecular weight excluding hydrogens is 195 g/mol. The molecule has 2 rings (SSSR count). The lowest BCUT2D eigenvalue weighted by molar-refractivity contribution is 0.112. The van der Waals surface area contributed by atoms with Gasteiger partial charge in [-0.15, -0.1) is 0 Å². The van der Waals surface area contributed by atoms with Gasteiger partial charge in [0.25, 0.3) is 0 Å². The maximum Gasteiger partial charge on any atom is 0.162 e. The minimum atomic E-state index is -0.495. The van der Waals surface area contributed by atoms with Crippen LogP contribution in [-0.4, -0.2) is 16.3 Å². The molecule has 0 fully saturated rings. The van der Waals surface area contributed by atoms with E-state index in [2.05, 4.69) is 9.97 Å². The number of rotatable bonds is 2. The topological polar surface area (TPSA) is 42.9 Å². The average molecular weight is 202 g/mol. The Kier molecular flexibility index (Phi) is 2.49. The Bertz CT molecular complexity index is 485. The SMILES string of the molecule is O=Cc1cccc(F)c1-c1ncccn1. The fraction of sp³-hybridized carbons (Fsp3) is 0. The third-order valence-corrected chi connectivity index (χ3v) is 1.96. The molecule has 1 aromatic carbocycles.